The first kappa shape index (κ1) is 12.2. The molecule has 94 valence electrons. The number of aromatic hydroxyl groups is 1. The highest BCUT2D eigenvalue weighted by Gasteiger charge is 2.19. The van der Waals surface area contributed by atoms with Gasteiger partial charge < -0.3 is 9.84 Å². The van der Waals surface area contributed by atoms with Crippen LogP contribution in [0, 0.1) is 6.92 Å². The molecule has 0 fully saturated rings. The van der Waals surface area contributed by atoms with E-state index in [9.17, 15) is 14.7 Å². The van der Waals surface area contributed by atoms with Gasteiger partial charge in [0, 0.05) is 24.1 Å². The number of fused-ring (bicyclic) bond motifs is 1. The van der Waals surface area contributed by atoms with E-state index in [0.29, 0.717) is 22.8 Å². The maximum atomic E-state index is 11.5. The largest absolute Gasteiger partial charge is 0.503 e. The van der Waals surface area contributed by atoms with Crippen LogP contribution in [0.2, 0.25) is 0 Å². The van der Waals surface area contributed by atoms with Crippen LogP contribution in [0.25, 0.3) is 10.9 Å². The zero-order valence-electron chi connectivity index (χ0n) is 10.4. The lowest BCUT2D eigenvalue weighted by molar-refractivity contribution is 0.0940. The molecule has 5 nitrogen and oxygen atoms in total. The molecule has 0 spiro atoms. The van der Waals surface area contributed by atoms with Crippen molar-refractivity contribution in [3.05, 3.63) is 23.4 Å². The fourth-order valence-electron chi connectivity index (χ4n) is 2.12. The van der Waals surface area contributed by atoms with Crippen molar-refractivity contribution in [1.82, 2.24) is 4.57 Å². The number of benzene rings is 1. The Labute approximate surface area is 104 Å². The lowest BCUT2D eigenvalue weighted by Crippen LogP contribution is -2.04. The fourth-order valence-corrected chi connectivity index (χ4v) is 2.12. The Bertz CT molecular complexity index is 655. The molecule has 5 heteroatoms. The Morgan fingerprint density at radius 2 is 2.17 bits per heavy atom. The molecule has 0 bridgehead atoms. The number of aryl methyl sites for hydroxylation is 1. The lowest BCUT2D eigenvalue weighted by Gasteiger charge is -2.08. The Balaban J connectivity index is 3.02. The number of ether oxygens (including phenoxy) is 1. The van der Waals surface area contributed by atoms with Gasteiger partial charge in [-0.25, -0.2) is 0 Å². The van der Waals surface area contributed by atoms with Gasteiger partial charge in [0.2, 0.25) is 5.91 Å². The predicted octanol–water partition coefficient (Wildman–Crippen LogP) is 2.14. The van der Waals surface area contributed by atoms with E-state index >= 15 is 0 Å². The zero-order valence-corrected chi connectivity index (χ0v) is 10.4. The molecular formula is C13H13NO4. The Kier molecular flexibility index (Phi) is 2.82. The Morgan fingerprint density at radius 1 is 1.50 bits per heavy atom. The molecule has 0 atom stereocenters. The number of phenolic OH excluding ortho intramolecular Hbond substituents is 1. The van der Waals surface area contributed by atoms with Crippen molar-refractivity contribution in [3.8, 4) is 11.5 Å². The van der Waals surface area contributed by atoms with Crippen molar-refractivity contribution < 1.29 is 19.4 Å². The molecule has 2 aromatic rings. The van der Waals surface area contributed by atoms with E-state index in [1.807, 2.05) is 0 Å². The first-order valence-electron chi connectivity index (χ1n) is 5.39. The number of phenols is 1. The number of rotatable bonds is 2. The number of carbonyl (C=O) groups excluding carboxylic acids is 2. The second-order valence-electron chi connectivity index (χ2n) is 4.06. The van der Waals surface area contributed by atoms with Crippen molar-refractivity contribution in [1.29, 1.82) is 0 Å². The normalized spacial score (nSPS) is 10.6. The summed E-state index contributed by atoms with van der Waals surface area (Å²) >= 11 is 0. The highest BCUT2D eigenvalue weighted by Crippen LogP contribution is 2.38. The van der Waals surface area contributed by atoms with Crippen molar-refractivity contribution in [2.24, 2.45) is 0 Å². The van der Waals surface area contributed by atoms with Gasteiger partial charge in [0.1, 0.15) is 5.52 Å². The molecule has 0 aliphatic carbocycles. The smallest absolute Gasteiger partial charge is 0.228 e. The van der Waals surface area contributed by atoms with Gasteiger partial charge in [0.05, 0.1) is 7.11 Å². The van der Waals surface area contributed by atoms with Gasteiger partial charge in [-0.2, -0.15) is 0 Å². The van der Waals surface area contributed by atoms with E-state index in [2.05, 4.69) is 0 Å². The summed E-state index contributed by atoms with van der Waals surface area (Å²) in [4.78, 5) is 22.6. The van der Waals surface area contributed by atoms with Crippen LogP contribution in [0.5, 0.6) is 11.5 Å². The molecule has 0 radical (unpaired) electrons. The minimum Gasteiger partial charge on any atom is -0.503 e. The Morgan fingerprint density at radius 3 is 2.67 bits per heavy atom. The van der Waals surface area contributed by atoms with Gasteiger partial charge in [-0.1, -0.05) is 0 Å². The van der Waals surface area contributed by atoms with Crippen molar-refractivity contribution in [2.75, 3.05) is 7.11 Å². The summed E-state index contributed by atoms with van der Waals surface area (Å²) in [7, 11) is 1.39. The number of carbonyl (C=O) groups is 2. The highest BCUT2D eigenvalue weighted by molar-refractivity contribution is 6.06. The quantitative estimate of drug-likeness (QED) is 0.825. The van der Waals surface area contributed by atoms with Crippen LogP contribution in [-0.4, -0.2) is 29.0 Å². The van der Waals surface area contributed by atoms with Crippen LogP contribution in [-0.2, 0) is 0 Å². The van der Waals surface area contributed by atoms with E-state index < -0.39 is 0 Å². The first-order chi connectivity index (χ1) is 8.51. The summed E-state index contributed by atoms with van der Waals surface area (Å²) in [5.74, 6) is -0.208. The molecule has 1 N–H and O–H groups in total. The number of hydrogen-bond acceptors (Lipinski definition) is 4. The third-order valence-electron chi connectivity index (χ3n) is 2.91. The van der Waals surface area contributed by atoms with Crippen LogP contribution < -0.4 is 4.74 Å². The van der Waals surface area contributed by atoms with E-state index in [-0.39, 0.29) is 17.4 Å². The average Bonchev–Trinajstić information content (AvgIpc) is 2.69. The predicted molar refractivity (Wildman–Crippen MR) is 66.6 cm³/mol. The van der Waals surface area contributed by atoms with E-state index in [4.69, 9.17) is 4.74 Å². The average molecular weight is 247 g/mol. The summed E-state index contributed by atoms with van der Waals surface area (Å²) in [5.41, 5.74) is 1.44. The Hall–Kier alpha value is -2.30. The number of nitrogens with zero attached hydrogens (tertiary/aromatic N) is 1. The molecule has 0 amide bonds. The summed E-state index contributed by atoms with van der Waals surface area (Å²) in [6.07, 6.45) is 2.28. The summed E-state index contributed by atoms with van der Waals surface area (Å²) in [5, 5.41) is 10.7. The van der Waals surface area contributed by atoms with E-state index in [1.165, 1.54) is 24.7 Å². The monoisotopic (exact) mass is 247 g/mol. The standard InChI is InChI=1S/C13H13NO4/c1-7-5-14(8(2)16)12-11(7)9(6-15)4-10(18-3)13(12)17/h4-6,17H,1-3H3. The molecule has 0 saturated carbocycles. The topological polar surface area (TPSA) is 68.5 Å². The summed E-state index contributed by atoms with van der Waals surface area (Å²) in [6.45, 7) is 3.17. The number of methoxy groups -OCH3 is 1. The van der Waals surface area contributed by atoms with Crippen LogP contribution in [0.4, 0.5) is 0 Å². The molecule has 0 aliphatic rings. The number of aldehydes is 1. The van der Waals surface area contributed by atoms with Gasteiger partial charge in [-0.15, -0.1) is 0 Å². The van der Waals surface area contributed by atoms with Gasteiger partial charge in [0.15, 0.2) is 17.8 Å². The van der Waals surface area contributed by atoms with Crippen LogP contribution in [0.15, 0.2) is 12.3 Å². The second-order valence-corrected chi connectivity index (χ2v) is 4.06. The molecule has 1 aromatic carbocycles. The van der Waals surface area contributed by atoms with E-state index in [1.54, 1.807) is 13.1 Å². The molecule has 0 saturated heterocycles. The second kappa shape index (κ2) is 4.18. The van der Waals surface area contributed by atoms with Crippen LogP contribution in [0.3, 0.4) is 0 Å². The molecular weight excluding hydrogens is 234 g/mol. The minimum atomic E-state index is -0.242. The van der Waals surface area contributed by atoms with Crippen molar-refractivity contribution in [2.45, 2.75) is 13.8 Å². The molecule has 0 aliphatic heterocycles. The van der Waals surface area contributed by atoms with Gasteiger partial charge in [-0.05, 0) is 18.6 Å². The zero-order chi connectivity index (χ0) is 13.4. The van der Waals surface area contributed by atoms with Crippen LogP contribution in [0.1, 0.15) is 27.6 Å². The maximum absolute atomic E-state index is 11.5. The van der Waals surface area contributed by atoms with Crippen LogP contribution >= 0.6 is 0 Å². The fraction of sp³-hybridized carbons (Fsp3) is 0.231. The molecule has 18 heavy (non-hydrogen) atoms. The molecule has 0 unspecified atom stereocenters. The minimum absolute atomic E-state index is 0.138. The molecule has 1 aromatic heterocycles. The highest BCUT2D eigenvalue weighted by atomic mass is 16.5. The third-order valence-corrected chi connectivity index (χ3v) is 2.91. The summed E-state index contributed by atoms with van der Waals surface area (Å²) in [6, 6.07) is 1.46. The molecule has 2 rings (SSSR count). The van der Waals surface area contributed by atoms with Crippen molar-refractivity contribution in [3.63, 3.8) is 0 Å². The lowest BCUT2D eigenvalue weighted by atomic mass is 10.1. The third kappa shape index (κ3) is 1.55. The summed E-state index contributed by atoms with van der Waals surface area (Å²) < 4.78 is 6.32. The number of hydrogen-bond donors (Lipinski definition) is 1. The SMILES string of the molecule is COc1cc(C=O)c2c(C)cn(C(C)=O)c2c1O. The number of aromatic nitrogens is 1. The van der Waals surface area contributed by atoms with Crippen molar-refractivity contribution >= 4 is 23.1 Å². The van der Waals surface area contributed by atoms with Gasteiger partial charge in [-0.3, -0.25) is 14.2 Å². The van der Waals surface area contributed by atoms with E-state index in [0.717, 1.165) is 5.56 Å². The molecule has 1 heterocycles. The first-order valence-corrected chi connectivity index (χ1v) is 5.39. The van der Waals surface area contributed by atoms with Gasteiger partial charge >= 0.3 is 0 Å². The maximum Gasteiger partial charge on any atom is 0.228 e. The van der Waals surface area contributed by atoms with Gasteiger partial charge in [0.25, 0.3) is 0 Å².